The van der Waals surface area contributed by atoms with E-state index in [2.05, 4.69) is 25.2 Å². The Labute approximate surface area is 103 Å². The van der Waals surface area contributed by atoms with Gasteiger partial charge in [-0.3, -0.25) is 0 Å². The van der Waals surface area contributed by atoms with Gasteiger partial charge in [-0.05, 0) is 56.0 Å². The highest BCUT2D eigenvalue weighted by molar-refractivity contribution is 5.54. The third-order valence-corrected chi connectivity index (χ3v) is 3.71. The molecule has 3 nitrogen and oxygen atoms in total. The molecule has 0 aromatic heterocycles. The first-order valence-corrected chi connectivity index (χ1v) is 6.14. The van der Waals surface area contributed by atoms with Crippen LogP contribution >= 0.6 is 0 Å². The minimum absolute atomic E-state index is 0.466. The Hall–Kier alpha value is -1.22. The molecule has 0 aliphatic carbocycles. The van der Waals surface area contributed by atoms with E-state index in [-0.39, 0.29) is 0 Å². The molecule has 1 aliphatic heterocycles. The van der Waals surface area contributed by atoms with Gasteiger partial charge in [-0.25, -0.2) is 0 Å². The average molecular weight is 235 g/mol. The molecule has 17 heavy (non-hydrogen) atoms. The monoisotopic (exact) mass is 235 g/mol. The van der Waals surface area contributed by atoms with E-state index >= 15 is 0 Å². The first-order chi connectivity index (χ1) is 8.19. The molecule has 0 spiro atoms. The van der Waals surface area contributed by atoms with Crippen LogP contribution in [0.4, 0.5) is 0 Å². The Bertz CT molecular complexity index is 409. The molecular formula is C14H21NO2. The van der Waals surface area contributed by atoms with Gasteiger partial charge in [0.1, 0.15) is 0 Å². The zero-order valence-electron chi connectivity index (χ0n) is 11.1. The Morgan fingerprint density at radius 3 is 2.47 bits per heavy atom. The van der Waals surface area contributed by atoms with Crippen molar-refractivity contribution < 1.29 is 9.47 Å². The zero-order chi connectivity index (χ0) is 12.4. The molecule has 94 valence electrons. The van der Waals surface area contributed by atoms with Crippen LogP contribution in [0.1, 0.15) is 35.6 Å². The Balaban J connectivity index is 2.49. The van der Waals surface area contributed by atoms with Crippen molar-refractivity contribution in [1.29, 1.82) is 0 Å². The highest BCUT2D eigenvalue weighted by atomic mass is 16.5. The van der Waals surface area contributed by atoms with Crippen molar-refractivity contribution in [3.63, 3.8) is 0 Å². The van der Waals surface area contributed by atoms with E-state index in [4.69, 9.17) is 9.47 Å². The maximum atomic E-state index is 5.42. The van der Waals surface area contributed by atoms with E-state index in [1.165, 1.54) is 29.5 Å². The van der Waals surface area contributed by atoms with Gasteiger partial charge in [0.2, 0.25) is 0 Å². The summed E-state index contributed by atoms with van der Waals surface area (Å²) in [4.78, 5) is 0. The van der Waals surface area contributed by atoms with E-state index in [1.54, 1.807) is 14.2 Å². The highest BCUT2D eigenvalue weighted by Gasteiger charge is 2.22. The fourth-order valence-electron chi connectivity index (χ4n) is 2.60. The van der Waals surface area contributed by atoms with Crippen molar-refractivity contribution in [2.45, 2.75) is 32.7 Å². The summed E-state index contributed by atoms with van der Waals surface area (Å²) >= 11 is 0. The molecule has 1 N–H and O–H groups in total. The van der Waals surface area contributed by atoms with E-state index in [0.29, 0.717) is 6.04 Å². The van der Waals surface area contributed by atoms with Crippen molar-refractivity contribution in [2.24, 2.45) is 0 Å². The molecule has 0 amide bonds. The van der Waals surface area contributed by atoms with Crippen molar-refractivity contribution >= 4 is 0 Å². The van der Waals surface area contributed by atoms with Gasteiger partial charge in [-0.2, -0.15) is 0 Å². The second kappa shape index (κ2) is 4.96. The normalized spacial score (nSPS) is 19.4. The van der Waals surface area contributed by atoms with E-state index < -0.39 is 0 Å². The number of benzene rings is 1. The fraction of sp³-hybridized carbons (Fsp3) is 0.571. The van der Waals surface area contributed by atoms with Crippen molar-refractivity contribution in [3.8, 4) is 11.5 Å². The minimum Gasteiger partial charge on any atom is -0.493 e. The minimum atomic E-state index is 0.466. The van der Waals surface area contributed by atoms with E-state index in [1.807, 2.05) is 0 Å². The molecule has 1 aromatic rings. The number of ether oxygens (including phenoxy) is 2. The number of methoxy groups -OCH3 is 2. The molecule has 2 rings (SSSR count). The van der Waals surface area contributed by atoms with Crippen LogP contribution in [0.3, 0.4) is 0 Å². The molecule has 1 unspecified atom stereocenters. The second-order valence-corrected chi connectivity index (χ2v) is 4.60. The molecule has 1 saturated heterocycles. The lowest BCUT2D eigenvalue weighted by Gasteiger charge is -2.20. The summed E-state index contributed by atoms with van der Waals surface area (Å²) in [5.41, 5.74) is 3.83. The number of nitrogens with one attached hydrogen (secondary N) is 1. The molecule has 0 radical (unpaired) electrons. The molecule has 1 fully saturated rings. The SMILES string of the molecule is COc1cc(C2CCCN2)c(C)c(C)c1OC. The topological polar surface area (TPSA) is 30.5 Å². The number of hydrogen-bond acceptors (Lipinski definition) is 3. The van der Waals surface area contributed by atoms with Crippen LogP contribution in [0.2, 0.25) is 0 Å². The fourth-order valence-corrected chi connectivity index (χ4v) is 2.60. The summed E-state index contributed by atoms with van der Waals surface area (Å²) in [6.07, 6.45) is 2.45. The third-order valence-electron chi connectivity index (χ3n) is 3.71. The van der Waals surface area contributed by atoms with Crippen LogP contribution in [0.25, 0.3) is 0 Å². The summed E-state index contributed by atoms with van der Waals surface area (Å²) in [7, 11) is 3.39. The van der Waals surface area contributed by atoms with Gasteiger partial charge in [0, 0.05) is 6.04 Å². The smallest absolute Gasteiger partial charge is 0.163 e. The molecular weight excluding hydrogens is 214 g/mol. The molecule has 1 heterocycles. The van der Waals surface area contributed by atoms with Crippen molar-refractivity contribution in [3.05, 3.63) is 22.8 Å². The zero-order valence-corrected chi connectivity index (χ0v) is 11.1. The quantitative estimate of drug-likeness (QED) is 0.874. The lowest BCUT2D eigenvalue weighted by molar-refractivity contribution is 0.351. The van der Waals surface area contributed by atoms with Crippen LogP contribution in [-0.4, -0.2) is 20.8 Å². The second-order valence-electron chi connectivity index (χ2n) is 4.60. The summed E-state index contributed by atoms with van der Waals surface area (Å²) < 4.78 is 10.8. The predicted octanol–water partition coefficient (Wildman–Crippen LogP) is 2.75. The molecule has 1 aromatic carbocycles. The van der Waals surface area contributed by atoms with Gasteiger partial charge in [-0.1, -0.05) is 0 Å². The molecule has 0 bridgehead atoms. The van der Waals surface area contributed by atoms with Gasteiger partial charge in [0.15, 0.2) is 11.5 Å². The Morgan fingerprint density at radius 2 is 1.94 bits per heavy atom. The third kappa shape index (κ3) is 2.12. The van der Waals surface area contributed by atoms with Gasteiger partial charge in [-0.15, -0.1) is 0 Å². The molecule has 3 heteroatoms. The van der Waals surface area contributed by atoms with E-state index in [9.17, 15) is 0 Å². The first kappa shape index (κ1) is 12.2. The van der Waals surface area contributed by atoms with Gasteiger partial charge in [0.05, 0.1) is 14.2 Å². The highest BCUT2D eigenvalue weighted by Crippen LogP contribution is 2.38. The van der Waals surface area contributed by atoms with Crippen LogP contribution < -0.4 is 14.8 Å². The molecule has 1 atom stereocenters. The van der Waals surface area contributed by atoms with Crippen LogP contribution in [0.15, 0.2) is 6.07 Å². The maximum Gasteiger partial charge on any atom is 0.163 e. The van der Waals surface area contributed by atoms with Crippen molar-refractivity contribution in [1.82, 2.24) is 5.32 Å². The van der Waals surface area contributed by atoms with Gasteiger partial charge >= 0.3 is 0 Å². The number of rotatable bonds is 3. The average Bonchev–Trinajstić information content (AvgIpc) is 2.85. The van der Waals surface area contributed by atoms with Gasteiger partial charge < -0.3 is 14.8 Å². The summed E-state index contributed by atoms with van der Waals surface area (Å²) in [6, 6.07) is 2.58. The first-order valence-electron chi connectivity index (χ1n) is 6.14. The summed E-state index contributed by atoms with van der Waals surface area (Å²) in [5.74, 6) is 1.69. The lowest BCUT2D eigenvalue weighted by atomic mass is 9.95. The maximum absolute atomic E-state index is 5.42. The summed E-state index contributed by atoms with van der Waals surface area (Å²) in [6.45, 7) is 5.36. The summed E-state index contributed by atoms with van der Waals surface area (Å²) in [5, 5.41) is 3.53. The molecule has 0 saturated carbocycles. The molecule has 1 aliphatic rings. The van der Waals surface area contributed by atoms with Crippen LogP contribution in [0, 0.1) is 13.8 Å². The standard InChI is InChI=1S/C14H21NO2/c1-9-10(2)14(17-4)13(16-3)8-11(9)12-6-5-7-15-12/h8,12,15H,5-7H2,1-4H3. The predicted molar refractivity (Wildman–Crippen MR) is 69.0 cm³/mol. The largest absolute Gasteiger partial charge is 0.493 e. The Morgan fingerprint density at radius 1 is 1.18 bits per heavy atom. The van der Waals surface area contributed by atoms with Crippen LogP contribution in [-0.2, 0) is 0 Å². The van der Waals surface area contributed by atoms with Gasteiger partial charge in [0.25, 0.3) is 0 Å². The van der Waals surface area contributed by atoms with Crippen molar-refractivity contribution in [2.75, 3.05) is 20.8 Å². The Kier molecular flexibility index (Phi) is 3.57. The van der Waals surface area contributed by atoms with Crippen LogP contribution in [0.5, 0.6) is 11.5 Å². The van der Waals surface area contributed by atoms with E-state index in [0.717, 1.165) is 18.0 Å². The lowest BCUT2D eigenvalue weighted by Crippen LogP contribution is -2.15. The number of hydrogen-bond donors (Lipinski definition) is 1.